The Balaban J connectivity index is 1.40. The monoisotopic (exact) mass is 416 g/mol. The number of hydrogen-bond donors (Lipinski definition) is 2. The largest absolute Gasteiger partial charge is 0.411 e. The van der Waals surface area contributed by atoms with Crippen molar-refractivity contribution in [1.82, 2.24) is 15.5 Å². The topological polar surface area (TPSA) is 83.0 Å². The minimum absolute atomic E-state index is 0.0294. The molecule has 3 rings (SSSR count). The van der Waals surface area contributed by atoms with Crippen molar-refractivity contribution in [2.45, 2.75) is 25.9 Å². The fourth-order valence-electron chi connectivity index (χ4n) is 4.36. The van der Waals surface area contributed by atoms with Crippen molar-refractivity contribution >= 4 is 17.8 Å². The number of hydrogen-bond acceptors (Lipinski definition) is 4. The lowest BCUT2D eigenvalue weighted by Crippen LogP contribution is -2.43. The van der Waals surface area contributed by atoms with Crippen LogP contribution in [0.5, 0.6) is 0 Å². The summed E-state index contributed by atoms with van der Waals surface area (Å²) in [7, 11) is 0. The third-order valence-electron chi connectivity index (χ3n) is 5.52. The Morgan fingerprint density at radius 3 is 2.45 bits per heavy atom. The molecule has 4 unspecified atom stereocenters. The van der Waals surface area contributed by atoms with Crippen molar-refractivity contribution in [3.63, 3.8) is 0 Å². The zero-order chi connectivity index (χ0) is 21.0. The number of nitrogens with one attached hydrogen (secondary N) is 2. The Labute approximate surface area is 167 Å². The SMILES string of the molecule is CCNC(=NCCCOCC(F)(F)F)NCCN1C(=O)C2C3C=CC(C3)C2C1=O. The maximum absolute atomic E-state index is 12.6. The molecule has 1 saturated heterocycles. The van der Waals surface area contributed by atoms with E-state index in [2.05, 4.69) is 32.5 Å². The molecule has 0 aromatic heterocycles. The van der Waals surface area contributed by atoms with Gasteiger partial charge in [0.05, 0.1) is 11.8 Å². The van der Waals surface area contributed by atoms with Gasteiger partial charge in [0.2, 0.25) is 11.8 Å². The summed E-state index contributed by atoms with van der Waals surface area (Å²) in [5.41, 5.74) is 0. The van der Waals surface area contributed by atoms with E-state index in [1.807, 2.05) is 6.92 Å². The van der Waals surface area contributed by atoms with Gasteiger partial charge in [0.15, 0.2) is 5.96 Å². The first-order valence-corrected chi connectivity index (χ1v) is 10.0. The standard InChI is InChI=1S/C19H27F3N4O3/c1-2-23-18(24-6-3-9-29-11-19(20,21)22)25-7-8-26-16(27)14-12-4-5-13(10-12)15(14)17(26)28/h4-5,12-15H,2-3,6-11H2,1H3,(H2,23,24,25). The molecule has 29 heavy (non-hydrogen) atoms. The first-order chi connectivity index (χ1) is 13.8. The van der Waals surface area contributed by atoms with Crippen LogP contribution in [0.25, 0.3) is 0 Å². The van der Waals surface area contributed by atoms with Gasteiger partial charge in [0.25, 0.3) is 0 Å². The van der Waals surface area contributed by atoms with Gasteiger partial charge < -0.3 is 15.4 Å². The van der Waals surface area contributed by atoms with Crippen LogP contribution in [0.3, 0.4) is 0 Å². The Kier molecular flexibility index (Phi) is 6.81. The maximum Gasteiger partial charge on any atom is 0.411 e. The van der Waals surface area contributed by atoms with Crippen LogP contribution in [0.15, 0.2) is 17.1 Å². The van der Waals surface area contributed by atoms with E-state index >= 15 is 0 Å². The molecular formula is C19H27F3N4O3. The number of imide groups is 1. The summed E-state index contributed by atoms with van der Waals surface area (Å²) in [6.07, 6.45) is 1.07. The molecule has 1 saturated carbocycles. The highest BCUT2D eigenvalue weighted by Gasteiger charge is 2.58. The Hall–Kier alpha value is -2.10. The zero-order valence-electron chi connectivity index (χ0n) is 16.4. The number of ether oxygens (including phenoxy) is 1. The quantitative estimate of drug-likeness (QED) is 0.195. The first kappa shape index (κ1) is 21.6. The van der Waals surface area contributed by atoms with Gasteiger partial charge in [-0.1, -0.05) is 12.2 Å². The molecule has 2 N–H and O–H groups in total. The molecule has 4 atom stereocenters. The molecule has 3 aliphatic rings. The molecular weight excluding hydrogens is 389 g/mol. The average Bonchev–Trinajstić information content (AvgIpc) is 3.33. The predicted octanol–water partition coefficient (Wildman–Crippen LogP) is 1.32. The summed E-state index contributed by atoms with van der Waals surface area (Å²) in [4.78, 5) is 30.9. The van der Waals surface area contributed by atoms with Crippen LogP contribution in [-0.4, -0.2) is 68.2 Å². The van der Waals surface area contributed by atoms with Crippen molar-refractivity contribution in [2.75, 3.05) is 39.4 Å². The van der Waals surface area contributed by atoms with Crippen molar-refractivity contribution in [3.05, 3.63) is 12.2 Å². The minimum Gasteiger partial charge on any atom is -0.372 e. The molecule has 162 valence electrons. The molecule has 7 nitrogen and oxygen atoms in total. The van der Waals surface area contributed by atoms with Crippen LogP contribution >= 0.6 is 0 Å². The van der Waals surface area contributed by atoms with Gasteiger partial charge in [-0.3, -0.25) is 19.5 Å². The number of fused-ring (bicyclic) bond motifs is 5. The minimum atomic E-state index is -4.32. The number of aliphatic imine (C=N–C) groups is 1. The summed E-state index contributed by atoms with van der Waals surface area (Å²) in [6.45, 7) is 2.13. The molecule has 10 heteroatoms. The van der Waals surface area contributed by atoms with Crippen molar-refractivity contribution < 1.29 is 27.5 Å². The Morgan fingerprint density at radius 1 is 1.21 bits per heavy atom. The first-order valence-electron chi connectivity index (χ1n) is 10.0. The number of likely N-dealkylation sites (tertiary alicyclic amines) is 1. The van der Waals surface area contributed by atoms with E-state index in [1.165, 1.54) is 4.90 Å². The fourth-order valence-corrected chi connectivity index (χ4v) is 4.36. The number of carbonyl (C=O) groups excluding carboxylic acids is 2. The number of carbonyl (C=O) groups is 2. The van der Waals surface area contributed by atoms with E-state index in [0.717, 1.165) is 6.42 Å². The van der Waals surface area contributed by atoms with Crippen LogP contribution in [0.2, 0.25) is 0 Å². The lowest BCUT2D eigenvalue weighted by atomic mass is 9.85. The normalized spacial score (nSPS) is 28.4. The van der Waals surface area contributed by atoms with Gasteiger partial charge in [-0.2, -0.15) is 13.2 Å². The van der Waals surface area contributed by atoms with E-state index in [1.54, 1.807) is 0 Å². The van der Waals surface area contributed by atoms with E-state index in [0.29, 0.717) is 32.0 Å². The summed E-state index contributed by atoms with van der Waals surface area (Å²) in [5.74, 6) is 0.317. The van der Waals surface area contributed by atoms with Crippen LogP contribution in [0, 0.1) is 23.7 Å². The van der Waals surface area contributed by atoms with Gasteiger partial charge >= 0.3 is 6.18 Å². The molecule has 2 aliphatic carbocycles. The summed E-state index contributed by atoms with van der Waals surface area (Å²) in [5, 5.41) is 6.09. The van der Waals surface area contributed by atoms with E-state index in [9.17, 15) is 22.8 Å². The van der Waals surface area contributed by atoms with Gasteiger partial charge in [0.1, 0.15) is 6.61 Å². The smallest absolute Gasteiger partial charge is 0.372 e. The average molecular weight is 416 g/mol. The summed E-state index contributed by atoms with van der Waals surface area (Å²) < 4.78 is 40.6. The number of nitrogens with zero attached hydrogens (tertiary/aromatic N) is 2. The molecule has 1 heterocycles. The van der Waals surface area contributed by atoms with Crippen molar-refractivity contribution in [3.8, 4) is 0 Å². The number of guanidine groups is 1. The molecule has 2 amide bonds. The highest BCUT2D eigenvalue weighted by atomic mass is 19.4. The molecule has 0 aromatic rings. The van der Waals surface area contributed by atoms with E-state index in [4.69, 9.17) is 0 Å². The molecule has 0 spiro atoms. The molecule has 0 radical (unpaired) electrons. The van der Waals surface area contributed by atoms with Crippen molar-refractivity contribution in [2.24, 2.45) is 28.7 Å². The number of alkyl halides is 3. The summed E-state index contributed by atoms with van der Waals surface area (Å²) in [6, 6.07) is 0. The van der Waals surface area contributed by atoms with E-state index < -0.39 is 12.8 Å². The molecule has 2 fully saturated rings. The number of amides is 2. The molecule has 1 aliphatic heterocycles. The van der Waals surface area contributed by atoms with Gasteiger partial charge in [-0.05, 0) is 31.6 Å². The van der Waals surface area contributed by atoms with E-state index in [-0.39, 0.29) is 48.6 Å². The fraction of sp³-hybridized carbons (Fsp3) is 0.737. The molecule has 2 bridgehead atoms. The highest BCUT2D eigenvalue weighted by Crippen LogP contribution is 2.52. The third-order valence-corrected chi connectivity index (χ3v) is 5.52. The second-order valence-corrected chi connectivity index (χ2v) is 7.54. The van der Waals surface area contributed by atoms with Gasteiger partial charge in [-0.25, -0.2) is 0 Å². The van der Waals surface area contributed by atoms with Crippen molar-refractivity contribution in [1.29, 1.82) is 0 Å². The maximum atomic E-state index is 12.6. The highest BCUT2D eigenvalue weighted by molar-refractivity contribution is 6.06. The number of halogens is 3. The lowest BCUT2D eigenvalue weighted by Gasteiger charge is -2.18. The van der Waals surface area contributed by atoms with Crippen LogP contribution in [-0.2, 0) is 14.3 Å². The Bertz CT molecular complexity index is 650. The summed E-state index contributed by atoms with van der Waals surface area (Å²) >= 11 is 0. The van der Waals surface area contributed by atoms with Crippen LogP contribution in [0.1, 0.15) is 19.8 Å². The third kappa shape index (κ3) is 5.09. The van der Waals surface area contributed by atoms with Crippen LogP contribution in [0.4, 0.5) is 13.2 Å². The van der Waals surface area contributed by atoms with Crippen LogP contribution < -0.4 is 10.6 Å². The predicted molar refractivity (Wildman–Crippen MR) is 99.9 cm³/mol. The van der Waals surface area contributed by atoms with Gasteiger partial charge in [-0.15, -0.1) is 0 Å². The number of allylic oxidation sites excluding steroid dienone is 2. The second-order valence-electron chi connectivity index (χ2n) is 7.54. The lowest BCUT2D eigenvalue weighted by molar-refractivity contribution is -0.173. The molecule has 0 aromatic carbocycles. The number of rotatable bonds is 9. The Morgan fingerprint density at radius 2 is 1.86 bits per heavy atom. The zero-order valence-corrected chi connectivity index (χ0v) is 16.4. The van der Waals surface area contributed by atoms with Gasteiger partial charge in [0, 0.05) is 32.8 Å². The second kappa shape index (κ2) is 9.15.